The highest BCUT2D eigenvalue weighted by Crippen LogP contribution is 2.39. The number of nitrogens with one attached hydrogen (secondary N) is 2. The number of aromatic nitrogens is 3. The number of nitrogens with zero attached hydrogens (tertiary/aromatic N) is 4. The fourth-order valence-electron chi connectivity index (χ4n) is 5.20. The Balaban J connectivity index is 1.59. The van der Waals surface area contributed by atoms with Crippen LogP contribution in [-0.4, -0.2) is 86.2 Å². The SMILES string of the molecule is C=CC(=O)N[C@H]1COC[C@H]1Nc1cc2c(N3CCC(C)(OC)CC3)nc(-c3c(F)c(OC)cc(OC)c3F)nc2cn1. The van der Waals surface area contributed by atoms with E-state index in [0.717, 1.165) is 18.9 Å². The standard InChI is InChI=1S/C29H34F2N6O5/c1-6-23(38)34-19-15-42-14-18(19)33-22-11-16-17(13-32-22)35-27(24-25(30)20(39-3)12-21(40-4)26(24)31)36-28(16)37-9-7-29(2,41-5)8-10-37/h6,11-13,18-19H,1,7-10,14-15H2,2-5H3,(H,32,33)(H,34,38)/t18-,19+/m1/s1. The predicted molar refractivity (Wildman–Crippen MR) is 153 cm³/mol. The number of piperidine rings is 1. The number of anilines is 2. The van der Waals surface area contributed by atoms with Crippen LogP contribution in [0.25, 0.3) is 22.3 Å². The minimum Gasteiger partial charge on any atom is -0.494 e. The van der Waals surface area contributed by atoms with E-state index in [1.165, 1.54) is 26.5 Å². The number of hydrogen-bond acceptors (Lipinski definition) is 10. The van der Waals surface area contributed by atoms with E-state index in [9.17, 15) is 4.79 Å². The largest absolute Gasteiger partial charge is 0.494 e. The molecule has 2 aromatic heterocycles. The number of methoxy groups -OCH3 is 3. The summed E-state index contributed by atoms with van der Waals surface area (Å²) in [5.41, 5.74) is -0.359. The van der Waals surface area contributed by atoms with Gasteiger partial charge >= 0.3 is 0 Å². The average Bonchev–Trinajstić information content (AvgIpc) is 3.43. The highest BCUT2D eigenvalue weighted by Gasteiger charge is 2.33. The number of rotatable bonds is 9. The van der Waals surface area contributed by atoms with Gasteiger partial charge in [0.15, 0.2) is 29.0 Å². The number of pyridine rings is 1. The van der Waals surface area contributed by atoms with Crippen molar-refractivity contribution in [2.75, 3.05) is 57.8 Å². The molecule has 2 aliphatic heterocycles. The summed E-state index contributed by atoms with van der Waals surface area (Å²) in [6.07, 6.45) is 4.18. The molecule has 0 unspecified atom stereocenters. The van der Waals surface area contributed by atoms with Gasteiger partial charge in [-0.1, -0.05) is 6.58 Å². The first kappa shape index (κ1) is 29.4. The maximum atomic E-state index is 15.5. The lowest BCUT2D eigenvalue weighted by Gasteiger charge is -2.39. The number of halogens is 2. The van der Waals surface area contributed by atoms with Crippen molar-refractivity contribution < 1.29 is 32.5 Å². The van der Waals surface area contributed by atoms with E-state index in [0.29, 0.717) is 48.8 Å². The lowest BCUT2D eigenvalue weighted by Crippen LogP contribution is -2.45. The van der Waals surface area contributed by atoms with Gasteiger partial charge in [-0.15, -0.1) is 0 Å². The Morgan fingerprint density at radius 2 is 1.76 bits per heavy atom. The van der Waals surface area contributed by atoms with Gasteiger partial charge in [0.1, 0.15) is 11.6 Å². The first-order valence-electron chi connectivity index (χ1n) is 13.6. The molecule has 0 aliphatic carbocycles. The Hall–Kier alpha value is -4.10. The number of fused-ring (bicyclic) bond motifs is 1. The average molecular weight is 585 g/mol. The molecule has 2 N–H and O–H groups in total. The van der Waals surface area contributed by atoms with Crippen LogP contribution in [0.4, 0.5) is 20.4 Å². The molecule has 0 spiro atoms. The molecule has 5 rings (SSSR count). The van der Waals surface area contributed by atoms with Crippen LogP contribution >= 0.6 is 0 Å². The van der Waals surface area contributed by atoms with Gasteiger partial charge in [0.05, 0.1) is 62.4 Å². The first-order valence-corrected chi connectivity index (χ1v) is 13.6. The molecule has 0 radical (unpaired) electrons. The Morgan fingerprint density at radius 1 is 1.10 bits per heavy atom. The molecule has 13 heteroatoms. The monoisotopic (exact) mass is 584 g/mol. The third-order valence-electron chi connectivity index (χ3n) is 7.90. The summed E-state index contributed by atoms with van der Waals surface area (Å²) < 4.78 is 52.5. The first-order chi connectivity index (χ1) is 20.2. The van der Waals surface area contributed by atoms with Crippen molar-refractivity contribution in [2.45, 2.75) is 37.5 Å². The fraction of sp³-hybridized carbons (Fsp3) is 0.448. The molecule has 11 nitrogen and oxygen atoms in total. The van der Waals surface area contributed by atoms with Crippen molar-refractivity contribution in [3.05, 3.63) is 42.6 Å². The highest BCUT2D eigenvalue weighted by molar-refractivity contribution is 5.92. The summed E-state index contributed by atoms with van der Waals surface area (Å²) >= 11 is 0. The van der Waals surface area contributed by atoms with Crippen LogP contribution in [0, 0.1) is 11.6 Å². The molecule has 42 heavy (non-hydrogen) atoms. The van der Waals surface area contributed by atoms with E-state index >= 15 is 8.78 Å². The molecule has 2 aliphatic rings. The number of benzene rings is 1. The highest BCUT2D eigenvalue weighted by atomic mass is 19.1. The van der Waals surface area contributed by atoms with E-state index < -0.39 is 17.2 Å². The van der Waals surface area contributed by atoms with Gasteiger partial charge in [-0.3, -0.25) is 4.79 Å². The minimum atomic E-state index is -0.938. The minimum absolute atomic E-state index is 0.163. The number of carbonyl (C=O) groups is 1. The second kappa shape index (κ2) is 12.0. The summed E-state index contributed by atoms with van der Waals surface area (Å²) in [7, 11) is 4.26. The quantitative estimate of drug-likeness (QED) is 0.362. The van der Waals surface area contributed by atoms with E-state index in [2.05, 4.69) is 39.0 Å². The lowest BCUT2D eigenvalue weighted by molar-refractivity contribution is -0.117. The van der Waals surface area contributed by atoms with Crippen molar-refractivity contribution in [2.24, 2.45) is 0 Å². The summed E-state index contributed by atoms with van der Waals surface area (Å²) in [4.78, 5) is 27.7. The van der Waals surface area contributed by atoms with Crippen LogP contribution in [-0.2, 0) is 14.3 Å². The van der Waals surface area contributed by atoms with Crippen LogP contribution < -0.4 is 25.0 Å². The van der Waals surface area contributed by atoms with Crippen LogP contribution in [0.15, 0.2) is 31.0 Å². The normalized spacial score (nSPS) is 19.9. The Morgan fingerprint density at radius 3 is 2.38 bits per heavy atom. The van der Waals surface area contributed by atoms with E-state index in [4.69, 9.17) is 23.9 Å². The molecule has 1 amide bonds. The van der Waals surface area contributed by atoms with Crippen molar-refractivity contribution in [1.82, 2.24) is 20.3 Å². The predicted octanol–water partition coefficient (Wildman–Crippen LogP) is 3.47. The van der Waals surface area contributed by atoms with Gasteiger partial charge in [0.2, 0.25) is 5.91 Å². The fourth-order valence-corrected chi connectivity index (χ4v) is 5.20. The Kier molecular flexibility index (Phi) is 8.41. The molecule has 224 valence electrons. The van der Waals surface area contributed by atoms with Crippen LogP contribution in [0.5, 0.6) is 11.5 Å². The van der Waals surface area contributed by atoms with Crippen molar-refractivity contribution in [3.8, 4) is 22.9 Å². The number of amides is 1. The van der Waals surface area contributed by atoms with Gasteiger partial charge in [-0.05, 0) is 31.9 Å². The smallest absolute Gasteiger partial charge is 0.243 e. The zero-order valence-electron chi connectivity index (χ0n) is 24.0. The third kappa shape index (κ3) is 5.66. The molecule has 2 saturated heterocycles. The molecule has 1 aromatic carbocycles. The topological polar surface area (TPSA) is 120 Å². The molecule has 2 fully saturated rings. The Bertz CT molecular complexity index is 1470. The molecule has 2 atom stereocenters. The van der Waals surface area contributed by atoms with Crippen LogP contribution in [0.2, 0.25) is 0 Å². The number of ether oxygens (including phenoxy) is 4. The molecule has 0 saturated carbocycles. The van der Waals surface area contributed by atoms with E-state index in [-0.39, 0.29) is 40.9 Å². The second-order valence-corrected chi connectivity index (χ2v) is 10.5. The van der Waals surface area contributed by atoms with Crippen molar-refractivity contribution in [1.29, 1.82) is 0 Å². The number of hydrogen-bond donors (Lipinski definition) is 2. The van der Waals surface area contributed by atoms with Crippen molar-refractivity contribution in [3.63, 3.8) is 0 Å². The summed E-state index contributed by atoms with van der Waals surface area (Å²) in [6.45, 7) is 7.45. The number of carbonyl (C=O) groups excluding carboxylic acids is 1. The third-order valence-corrected chi connectivity index (χ3v) is 7.90. The van der Waals surface area contributed by atoms with Gasteiger partial charge < -0.3 is 34.5 Å². The van der Waals surface area contributed by atoms with Gasteiger partial charge in [-0.25, -0.2) is 23.7 Å². The molecule has 3 aromatic rings. The van der Waals surface area contributed by atoms with Gasteiger partial charge in [0.25, 0.3) is 0 Å². The molecular weight excluding hydrogens is 550 g/mol. The lowest BCUT2D eigenvalue weighted by atomic mass is 9.93. The second-order valence-electron chi connectivity index (χ2n) is 10.5. The zero-order valence-corrected chi connectivity index (χ0v) is 24.0. The molecule has 4 heterocycles. The maximum Gasteiger partial charge on any atom is 0.243 e. The molecular formula is C29H34F2N6O5. The zero-order chi connectivity index (χ0) is 30.0. The van der Waals surface area contributed by atoms with E-state index in [1.54, 1.807) is 13.2 Å². The summed E-state index contributed by atoms with van der Waals surface area (Å²) in [5.74, 6) is -1.73. The van der Waals surface area contributed by atoms with Gasteiger partial charge in [-0.2, -0.15) is 0 Å². The van der Waals surface area contributed by atoms with Gasteiger partial charge in [0, 0.05) is 31.7 Å². The van der Waals surface area contributed by atoms with Crippen LogP contribution in [0.3, 0.4) is 0 Å². The summed E-state index contributed by atoms with van der Waals surface area (Å²) in [6, 6.07) is 2.41. The molecule has 0 bridgehead atoms. The summed E-state index contributed by atoms with van der Waals surface area (Å²) in [5, 5.41) is 6.82. The van der Waals surface area contributed by atoms with Crippen molar-refractivity contribution >= 4 is 28.4 Å². The Labute approximate surface area is 242 Å². The van der Waals surface area contributed by atoms with Crippen LogP contribution in [0.1, 0.15) is 19.8 Å². The van der Waals surface area contributed by atoms with E-state index in [1.807, 2.05) is 0 Å². The maximum absolute atomic E-state index is 15.5.